The fraction of sp³-hybridized carbons (Fsp3) is 0.421. The van der Waals surface area contributed by atoms with Gasteiger partial charge in [0.05, 0.1) is 11.6 Å². The van der Waals surface area contributed by atoms with Gasteiger partial charge in [-0.05, 0) is 24.3 Å². The smallest absolute Gasteiger partial charge is 0.244 e. The summed E-state index contributed by atoms with van der Waals surface area (Å²) in [6.45, 7) is 7.51. The number of piperazine rings is 1. The van der Waals surface area contributed by atoms with Gasteiger partial charge in [-0.1, -0.05) is 13.8 Å². The van der Waals surface area contributed by atoms with Crippen molar-refractivity contribution < 1.29 is 8.42 Å². The second-order valence-corrected chi connectivity index (χ2v) is 8.37. The Kier molecular flexibility index (Phi) is 6.11. The minimum atomic E-state index is -3.49. The Morgan fingerprint density at radius 1 is 1.04 bits per heavy atom. The van der Waals surface area contributed by atoms with Crippen LogP contribution in [0.25, 0.3) is 0 Å². The molecule has 0 bridgehead atoms. The lowest BCUT2D eigenvalue weighted by atomic mass is 10.2. The lowest BCUT2D eigenvalue weighted by molar-refractivity contribution is 0.445. The molecule has 148 valence electrons. The summed E-state index contributed by atoms with van der Waals surface area (Å²) < 4.78 is 26.6. The van der Waals surface area contributed by atoms with E-state index in [0.717, 1.165) is 37.8 Å². The van der Waals surface area contributed by atoms with Crippen molar-refractivity contribution in [2.45, 2.75) is 18.7 Å². The Labute approximate surface area is 166 Å². The first-order chi connectivity index (χ1) is 13.5. The first-order valence-electron chi connectivity index (χ1n) is 9.31. The van der Waals surface area contributed by atoms with Gasteiger partial charge in [0.15, 0.2) is 0 Å². The molecule has 0 saturated carbocycles. The zero-order valence-corrected chi connectivity index (χ0v) is 16.9. The number of pyridine rings is 2. The Balaban J connectivity index is 1.67. The molecule has 0 spiro atoms. The second-order valence-electron chi connectivity index (χ2n) is 6.43. The predicted molar refractivity (Wildman–Crippen MR) is 108 cm³/mol. The molecule has 0 radical (unpaired) electrons. The van der Waals surface area contributed by atoms with E-state index < -0.39 is 10.0 Å². The van der Waals surface area contributed by atoms with Crippen molar-refractivity contribution in [2.75, 3.05) is 49.1 Å². The molecule has 0 atom stereocenters. The third-order valence-electron chi connectivity index (χ3n) is 4.87. The maximum Gasteiger partial charge on any atom is 0.244 e. The van der Waals surface area contributed by atoms with Gasteiger partial charge in [0, 0.05) is 51.7 Å². The van der Waals surface area contributed by atoms with E-state index in [1.165, 1.54) is 10.5 Å². The molecular formula is C19H24N6O2S. The summed E-state index contributed by atoms with van der Waals surface area (Å²) in [4.78, 5) is 13.2. The van der Waals surface area contributed by atoms with E-state index in [2.05, 4.69) is 25.8 Å². The first kappa shape index (κ1) is 20.0. The number of nitriles is 1. The third-order valence-corrected chi connectivity index (χ3v) is 6.90. The molecule has 1 fully saturated rings. The van der Waals surface area contributed by atoms with Gasteiger partial charge >= 0.3 is 0 Å². The van der Waals surface area contributed by atoms with E-state index in [4.69, 9.17) is 5.26 Å². The van der Waals surface area contributed by atoms with E-state index >= 15 is 0 Å². The van der Waals surface area contributed by atoms with Crippen LogP contribution in [0, 0.1) is 11.3 Å². The monoisotopic (exact) mass is 400 g/mol. The molecule has 2 aromatic rings. The number of sulfonamides is 1. The van der Waals surface area contributed by atoms with Gasteiger partial charge in [0.1, 0.15) is 16.5 Å². The van der Waals surface area contributed by atoms with Crippen LogP contribution < -0.4 is 9.80 Å². The summed E-state index contributed by atoms with van der Waals surface area (Å²) in [5, 5.41) is 9.04. The van der Waals surface area contributed by atoms with Crippen LogP contribution in [0.5, 0.6) is 0 Å². The second kappa shape index (κ2) is 8.54. The van der Waals surface area contributed by atoms with Gasteiger partial charge in [0.2, 0.25) is 10.0 Å². The van der Waals surface area contributed by atoms with Gasteiger partial charge in [-0.3, -0.25) is 0 Å². The Morgan fingerprint density at radius 3 is 2.21 bits per heavy atom. The Bertz CT molecular complexity index is 943. The average Bonchev–Trinajstić information content (AvgIpc) is 2.74. The van der Waals surface area contributed by atoms with Crippen molar-refractivity contribution >= 4 is 21.7 Å². The average molecular weight is 401 g/mol. The molecule has 0 amide bonds. The summed E-state index contributed by atoms with van der Waals surface area (Å²) in [7, 11) is -3.49. The highest BCUT2D eigenvalue weighted by Crippen LogP contribution is 2.21. The van der Waals surface area contributed by atoms with Crippen LogP contribution in [-0.4, -0.2) is 62.0 Å². The van der Waals surface area contributed by atoms with Crippen LogP contribution in [0.2, 0.25) is 0 Å². The van der Waals surface area contributed by atoms with Crippen LogP contribution >= 0.6 is 0 Å². The van der Waals surface area contributed by atoms with Gasteiger partial charge in [0.25, 0.3) is 0 Å². The predicted octanol–water partition coefficient (Wildman–Crippen LogP) is 1.71. The maximum atomic E-state index is 12.6. The van der Waals surface area contributed by atoms with E-state index in [9.17, 15) is 8.42 Å². The Morgan fingerprint density at radius 2 is 1.68 bits per heavy atom. The molecule has 0 unspecified atom stereocenters. The van der Waals surface area contributed by atoms with Crippen molar-refractivity contribution in [3.05, 3.63) is 42.2 Å². The fourth-order valence-electron chi connectivity index (χ4n) is 3.25. The number of rotatable bonds is 6. The van der Waals surface area contributed by atoms with Crippen molar-refractivity contribution in [3.63, 3.8) is 0 Å². The van der Waals surface area contributed by atoms with Crippen LogP contribution in [0.1, 0.15) is 19.4 Å². The largest absolute Gasteiger partial charge is 0.353 e. The van der Waals surface area contributed by atoms with Gasteiger partial charge in [-0.25, -0.2) is 18.4 Å². The normalized spacial score (nSPS) is 14.9. The molecule has 3 heterocycles. The SMILES string of the molecule is CCN(CC)S(=O)(=O)c1ccc(N2CCN(c3cc(C#N)ccn3)CC2)nc1. The van der Waals surface area contributed by atoms with Crippen LogP contribution in [-0.2, 0) is 10.0 Å². The third kappa shape index (κ3) is 4.08. The first-order valence-corrected chi connectivity index (χ1v) is 10.8. The molecule has 0 aliphatic carbocycles. The molecule has 1 aliphatic heterocycles. The lowest BCUT2D eigenvalue weighted by Crippen LogP contribution is -2.47. The maximum absolute atomic E-state index is 12.6. The molecule has 1 aliphatic rings. The molecule has 2 aromatic heterocycles. The zero-order chi connectivity index (χ0) is 20.1. The zero-order valence-electron chi connectivity index (χ0n) is 16.1. The lowest BCUT2D eigenvalue weighted by Gasteiger charge is -2.36. The summed E-state index contributed by atoms with van der Waals surface area (Å²) in [6.07, 6.45) is 3.09. The number of nitrogens with zero attached hydrogens (tertiary/aromatic N) is 6. The van der Waals surface area contributed by atoms with Gasteiger partial charge < -0.3 is 9.80 Å². The van der Waals surface area contributed by atoms with Gasteiger partial charge in [-0.2, -0.15) is 9.57 Å². The van der Waals surface area contributed by atoms with Crippen molar-refractivity contribution in [1.29, 1.82) is 5.26 Å². The topological polar surface area (TPSA) is 93.4 Å². The molecule has 8 nitrogen and oxygen atoms in total. The minimum Gasteiger partial charge on any atom is -0.353 e. The van der Waals surface area contributed by atoms with Crippen molar-refractivity contribution in [1.82, 2.24) is 14.3 Å². The Hall–Kier alpha value is -2.70. The quantitative estimate of drug-likeness (QED) is 0.728. The highest BCUT2D eigenvalue weighted by atomic mass is 32.2. The van der Waals surface area contributed by atoms with E-state index in [-0.39, 0.29) is 4.90 Å². The number of anilines is 2. The van der Waals surface area contributed by atoms with Crippen molar-refractivity contribution in [3.8, 4) is 6.07 Å². The standard InChI is InChI=1S/C19H24N6O2S/c1-3-25(4-2)28(26,27)17-5-6-18(22-15-17)23-9-11-24(12-10-23)19-13-16(14-20)7-8-21-19/h5-8,13,15H,3-4,9-12H2,1-2H3. The molecule has 0 N–H and O–H groups in total. The number of hydrogen-bond acceptors (Lipinski definition) is 7. The van der Waals surface area contributed by atoms with Gasteiger partial charge in [-0.15, -0.1) is 0 Å². The number of hydrogen-bond donors (Lipinski definition) is 0. The summed E-state index contributed by atoms with van der Waals surface area (Å²) >= 11 is 0. The molecular weight excluding hydrogens is 376 g/mol. The summed E-state index contributed by atoms with van der Waals surface area (Å²) in [5.41, 5.74) is 0.596. The van der Waals surface area contributed by atoms with Crippen molar-refractivity contribution in [2.24, 2.45) is 0 Å². The molecule has 1 saturated heterocycles. The summed E-state index contributed by atoms with van der Waals surface area (Å²) in [5.74, 6) is 1.56. The van der Waals surface area contributed by atoms with Crippen LogP contribution in [0.4, 0.5) is 11.6 Å². The van der Waals surface area contributed by atoms with Crippen LogP contribution in [0.15, 0.2) is 41.6 Å². The summed E-state index contributed by atoms with van der Waals surface area (Å²) in [6, 6.07) is 9.01. The van der Waals surface area contributed by atoms with Crippen LogP contribution in [0.3, 0.4) is 0 Å². The highest BCUT2D eigenvalue weighted by Gasteiger charge is 2.23. The van der Waals surface area contributed by atoms with E-state index in [1.807, 2.05) is 13.8 Å². The minimum absolute atomic E-state index is 0.219. The van der Waals surface area contributed by atoms with E-state index in [0.29, 0.717) is 18.7 Å². The molecule has 3 rings (SSSR count). The fourth-order valence-corrected chi connectivity index (χ4v) is 4.65. The molecule has 28 heavy (non-hydrogen) atoms. The van der Waals surface area contributed by atoms with E-state index in [1.54, 1.807) is 30.5 Å². The molecule has 0 aromatic carbocycles. The number of aromatic nitrogens is 2. The highest BCUT2D eigenvalue weighted by molar-refractivity contribution is 7.89. The molecule has 9 heteroatoms.